The van der Waals surface area contributed by atoms with Crippen molar-refractivity contribution in [2.45, 2.75) is 31.2 Å². The molecule has 0 bridgehead atoms. The topological polar surface area (TPSA) is 61.3 Å². The predicted octanol–water partition coefficient (Wildman–Crippen LogP) is 4.23. The summed E-state index contributed by atoms with van der Waals surface area (Å²) in [6.45, 7) is 2.97. The first-order valence-corrected chi connectivity index (χ1v) is 10.8. The van der Waals surface area contributed by atoms with Crippen LogP contribution in [0, 0.1) is 6.92 Å². The normalized spacial score (nSPS) is 15.1. The van der Waals surface area contributed by atoms with E-state index in [4.69, 9.17) is 9.47 Å². The third-order valence-corrected chi connectivity index (χ3v) is 7.01. The number of carbonyl (C=O) groups is 1. The van der Waals surface area contributed by atoms with Gasteiger partial charge in [-0.1, -0.05) is 11.8 Å². The molecule has 0 saturated heterocycles. The minimum Gasteiger partial charge on any atom is -0.486 e. The first kappa shape index (κ1) is 17.0. The maximum Gasteiger partial charge on any atom is 0.173 e. The number of hydrogen-bond acceptors (Lipinski definition) is 7. The number of carbonyl (C=O) groups excluding carboxylic acids is 1. The zero-order chi connectivity index (χ0) is 18.4. The minimum absolute atomic E-state index is 0.0632. The van der Waals surface area contributed by atoms with Crippen LogP contribution in [-0.2, 0) is 12.8 Å². The Hall–Kier alpha value is -2.12. The van der Waals surface area contributed by atoms with Gasteiger partial charge in [0, 0.05) is 15.8 Å². The maximum atomic E-state index is 12.7. The van der Waals surface area contributed by atoms with Crippen molar-refractivity contribution in [3.63, 3.8) is 0 Å². The second-order valence-corrected chi connectivity index (χ2v) is 8.73. The van der Waals surface area contributed by atoms with Crippen molar-refractivity contribution < 1.29 is 14.3 Å². The molecule has 0 atom stereocenters. The number of ether oxygens (including phenoxy) is 2. The van der Waals surface area contributed by atoms with Crippen molar-refractivity contribution in [2.75, 3.05) is 19.0 Å². The first-order chi connectivity index (χ1) is 13.2. The van der Waals surface area contributed by atoms with Gasteiger partial charge in [0.15, 0.2) is 17.3 Å². The summed E-state index contributed by atoms with van der Waals surface area (Å²) in [4.78, 5) is 24.5. The molecule has 27 heavy (non-hydrogen) atoms. The molecule has 1 aliphatic heterocycles. The predicted molar refractivity (Wildman–Crippen MR) is 107 cm³/mol. The molecule has 2 aromatic heterocycles. The Bertz CT molecular complexity index is 1060. The zero-order valence-corrected chi connectivity index (χ0v) is 16.5. The van der Waals surface area contributed by atoms with Crippen molar-refractivity contribution in [3.8, 4) is 11.5 Å². The number of Topliss-reactive ketones (excluding diaryl/α,β-unsaturated/α-hetero) is 1. The van der Waals surface area contributed by atoms with Crippen LogP contribution in [0.4, 0.5) is 0 Å². The number of ketones is 1. The highest BCUT2D eigenvalue weighted by atomic mass is 32.2. The van der Waals surface area contributed by atoms with Gasteiger partial charge in [0.2, 0.25) is 0 Å². The fraction of sp³-hybridized carbons (Fsp3) is 0.350. The minimum atomic E-state index is 0.0632. The lowest BCUT2D eigenvalue weighted by molar-refractivity contribution is 0.102. The quantitative estimate of drug-likeness (QED) is 0.372. The standard InChI is InChI=1S/C20H18N2O3S2/c1-11-21-19(18-13-3-2-4-17(13)27-20(18)22-11)26-10-14(23)12-5-6-15-16(9-12)25-8-7-24-15/h5-6,9H,2-4,7-8,10H2,1H3. The van der Waals surface area contributed by atoms with Gasteiger partial charge >= 0.3 is 0 Å². The molecule has 0 fully saturated rings. The summed E-state index contributed by atoms with van der Waals surface area (Å²) in [7, 11) is 0. The van der Waals surface area contributed by atoms with E-state index in [2.05, 4.69) is 9.97 Å². The SMILES string of the molecule is Cc1nc(SCC(=O)c2ccc3c(c2)OCCO3)c2c3c(sc2n1)CCC3. The van der Waals surface area contributed by atoms with Crippen LogP contribution in [0.2, 0.25) is 0 Å². The smallest absolute Gasteiger partial charge is 0.173 e. The fourth-order valence-electron chi connectivity index (χ4n) is 3.60. The van der Waals surface area contributed by atoms with Crippen LogP contribution in [0.1, 0.15) is 33.0 Å². The van der Waals surface area contributed by atoms with E-state index in [1.807, 2.05) is 13.0 Å². The van der Waals surface area contributed by atoms with E-state index in [0.29, 0.717) is 36.0 Å². The van der Waals surface area contributed by atoms with E-state index in [1.165, 1.54) is 28.6 Å². The molecule has 0 amide bonds. The highest BCUT2D eigenvalue weighted by molar-refractivity contribution is 8.00. The summed E-state index contributed by atoms with van der Waals surface area (Å²) in [5, 5.41) is 2.10. The maximum absolute atomic E-state index is 12.7. The Morgan fingerprint density at radius 1 is 1.19 bits per heavy atom. The average molecular weight is 399 g/mol. The second kappa shape index (κ2) is 6.80. The number of thioether (sulfide) groups is 1. The number of aryl methyl sites for hydroxylation is 3. The van der Waals surface area contributed by atoms with Gasteiger partial charge in [-0.3, -0.25) is 4.79 Å². The van der Waals surface area contributed by atoms with E-state index in [9.17, 15) is 4.79 Å². The zero-order valence-electron chi connectivity index (χ0n) is 14.9. The lowest BCUT2D eigenvalue weighted by Gasteiger charge is -2.18. The van der Waals surface area contributed by atoms with Gasteiger partial charge in [0.05, 0.1) is 5.75 Å². The van der Waals surface area contributed by atoms with Crippen LogP contribution in [0.3, 0.4) is 0 Å². The second-order valence-electron chi connectivity index (χ2n) is 6.68. The first-order valence-electron chi connectivity index (χ1n) is 9.03. The average Bonchev–Trinajstić information content (AvgIpc) is 3.26. The summed E-state index contributed by atoms with van der Waals surface area (Å²) < 4.78 is 11.1. The Morgan fingerprint density at radius 2 is 2.04 bits per heavy atom. The Balaban J connectivity index is 1.41. The number of benzene rings is 1. The molecule has 7 heteroatoms. The molecule has 1 aliphatic carbocycles. The van der Waals surface area contributed by atoms with Gasteiger partial charge < -0.3 is 9.47 Å². The number of thiophene rings is 1. The van der Waals surface area contributed by atoms with Crippen LogP contribution in [0.5, 0.6) is 11.5 Å². The van der Waals surface area contributed by atoms with Crippen molar-refractivity contribution >= 4 is 39.1 Å². The van der Waals surface area contributed by atoms with Crippen molar-refractivity contribution in [1.29, 1.82) is 0 Å². The third-order valence-electron chi connectivity index (χ3n) is 4.85. The lowest BCUT2D eigenvalue weighted by atomic mass is 10.1. The largest absolute Gasteiger partial charge is 0.486 e. The molecule has 0 saturated carbocycles. The Kier molecular flexibility index (Phi) is 4.28. The van der Waals surface area contributed by atoms with E-state index >= 15 is 0 Å². The number of rotatable bonds is 4. The van der Waals surface area contributed by atoms with Crippen LogP contribution in [0.25, 0.3) is 10.2 Å². The third kappa shape index (κ3) is 3.08. The molecule has 2 aliphatic rings. The van der Waals surface area contributed by atoms with E-state index < -0.39 is 0 Å². The summed E-state index contributed by atoms with van der Waals surface area (Å²) >= 11 is 3.29. The van der Waals surface area contributed by atoms with Gasteiger partial charge in [-0.2, -0.15) is 0 Å². The highest BCUT2D eigenvalue weighted by Gasteiger charge is 2.23. The van der Waals surface area contributed by atoms with Crippen LogP contribution >= 0.6 is 23.1 Å². The van der Waals surface area contributed by atoms with Crippen LogP contribution in [0.15, 0.2) is 23.2 Å². The molecular weight excluding hydrogens is 380 g/mol. The van der Waals surface area contributed by atoms with E-state index in [0.717, 1.165) is 33.9 Å². The number of hydrogen-bond donors (Lipinski definition) is 0. The summed E-state index contributed by atoms with van der Waals surface area (Å²) in [6, 6.07) is 5.39. The van der Waals surface area contributed by atoms with Gasteiger partial charge in [0.25, 0.3) is 0 Å². The highest BCUT2D eigenvalue weighted by Crippen LogP contribution is 2.40. The van der Waals surface area contributed by atoms with Gasteiger partial charge in [-0.05, 0) is 49.9 Å². The van der Waals surface area contributed by atoms with Gasteiger partial charge in [0.1, 0.15) is 28.9 Å². The molecule has 0 N–H and O–H groups in total. The molecule has 3 aromatic rings. The van der Waals surface area contributed by atoms with Crippen LogP contribution in [-0.4, -0.2) is 34.7 Å². The van der Waals surface area contributed by atoms with Gasteiger partial charge in [-0.15, -0.1) is 11.3 Å². The molecule has 1 aromatic carbocycles. The lowest BCUT2D eigenvalue weighted by Crippen LogP contribution is -2.16. The van der Waals surface area contributed by atoms with Crippen molar-refractivity contribution in [3.05, 3.63) is 40.0 Å². The molecule has 0 spiro atoms. The van der Waals surface area contributed by atoms with Crippen molar-refractivity contribution in [1.82, 2.24) is 9.97 Å². The summed E-state index contributed by atoms with van der Waals surface area (Å²) in [6.07, 6.45) is 3.42. The molecule has 5 nitrogen and oxygen atoms in total. The molecular formula is C20H18N2O3S2. The van der Waals surface area contributed by atoms with Crippen molar-refractivity contribution in [2.24, 2.45) is 0 Å². The van der Waals surface area contributed by atoms with E-state index in [1.54, 1.807) is 23.5 Å². The molecule has 3 heterocycles. The number of nitrogens with zero attached hydrogens (tertiary/aromatic N) is 2. The monoisotopic (exact) mass is 398 g/mol. The van der Waals surface area contributed by atoms with Gasteiger partial charge in [-0.25, -0.2) is 9.97 Å². The summed E-state index contributed by atoms with van der Waals surface area (Å²) in [5.74, 6) is 2.51. The molecule has 5 rings (SSSR count). The Morgan fingerprint density at radius 3 is 2.93 bits per heavy atom. The number of fused-ring (bicyclic) bond motifs is 4. The van der Waals surface area contributed by atoms with Crippen LogP contribution < -0.4 is 9.47 Å². The Labute approximate surface area is 165 Å². The fourth-order valence-corrected chi connectivity index (χ4v) is 5.97. The molecule has 0 unspecified atom stereocenters. The molecule has 138 valence electrons. The number of aromatic nitrogens is 2. The summed E-state index contributed by atoms with van der Waals surface area (Å²) in [5.41, 5.74) is 2.04. The molecule has 0 radical (unpaired) electrons. The van der Waals surface area contributed by atoms with E-state index in [-0.39, 0.29) is 5.78 Å².